The summed E-state index contributed by atoms with van der Waals surface area (Å²) < 4.78 is 7.21. The molecule has 2 N–H and O–H groups in total. The molecule has 3 heterocycles. The number of aromatic hydroxyl groups is 2. The smallest absolute Gasteiger partial charge is 0.200 e. The van der Waals surface area contributed by atoms with Crippen molar-refractivity contribution in [2.45, 2.75) is 38.0 Å². The molecule has 0 amide bonds. The highest BCUT2D eigenvalue weighted by molar-refractivity contribution is 5.51. The quantitative estimate of drug-likeness (QED) is 0.770. The predicted octanol–water partition coefficient (Wildman–Crippen LogP) is 2.38. The highest BCUT2D eigenvalue weighted by Crippen LogP contribution is 2.57. The predicted molar refractivity (Wildman–Crippen MR) is 58.4 cm³/mol. The number of rotatable bonds is 3. The van der Waals surface area contributed by atoms with Gasteiger partial charge in [0.2, 0.25) is 0 Å². The van der Waals surface area contributed by atoms with Crippen LogP contribution in [0, 0.1) is 0 Å². The number of fused-ring (bicyclic) bond motifs is 5. The molecule has 0 radical (unpaired) electrons. The van der Waals surface area contributed by atoms with E-state index >= 15 is 0 Å². The van der Waals surface area contributed by atoms with Crippen molar-refractivity contribution in [3.63, 3.8) is 0 Å². The topological polar surface area (TPSA) is 54.6 Å². The normalized spacial score (nSPS) is 26.0. The van der Waals surface area contributed by atoms with Gasteiger partial charge >= 0.3 is 0 Å². The zero-order valence-corrected chi connectivity index (χ0v) is 9.02. The van der Waals surface area contributed by atoms with Crippen molar-refractivity contribution < 1.29 is 14.9 Å². The van der Waals surface area contributed by atoms with E-state index in [1.165, 1.54) is 0 Å². The lowest BCUT2D eigenvalue weighted by Crippen LogP contribution is -1.98. The van der Waals surface area contributed by atoms with Crippen LogP contribution in [0.4, 0.5) is 0 Å². The molecule has 2 aliphatic heterocycles. The van der Waals surface area contributed by atoms with Crippen LogP contribution in [0.5, 0.6) is 11.8 Å². The molecule has 0 aromatic carbocycles. The Morgan fingerprint density at radius 2 is 1.81 bits per heavy atom. The second-order valence-electron chi connectivity index (χ2n) is 4.39. The molecule has 4 heteroatoms. The van der Waals surface area contributed by atoms with Crippen LogP contribution in [0.25, 0.3) is 0 Å². The summed E-state index contributed by atoms with van der Waals surface area (Å²) in [7, 11) is 0. The average Bonchev–Trinajstić information content (AvgIpc) is 2.92. The Balaban J connectivity index is 2.06. The molecule has 86 valence electrons. The fourth-order valence-electron chi connectivity index (χ4n) is 2.76. The van der Waals surface area contributed by atoms with E-state index < -0.39 is 0 Å². The summed E-state index contributed by atoms with van der Waals surface area (Å²) in [5.41, 5.74) is 1.61. The van der Waals surface area contributed by atoms with Crippen molar-refractivity contribution in [2.75, 3.05) is 0 Å². The van der Waals surface area contributed by atoms with Crippen molar-refractivity contribution >= 4 is 0 Å². The van der Waals surface area contributed by atoms with Gasteiger partial charge in [0.05, 0.1) is 23.3 Å². The second kappa shape index (κ2) is 3.28. The van der Waals surface area contributed by atoms with Gasteiger partial charge < -0.3 is 14.9 Å². The van der Waals surface area contributed by atoms with Crippen LogP contribution in [-0.2, 0) is 11.3 Å². The first kappa shape index (κ1) is 9.78. The molecule has 2 bridgehead atoms. The lowest BCUT2D eigenvalue weighted by Gasteiger charge is -2.08. The molecule has 2 unspecified atom stereocenters. The molecular weight excluding hydrogens is 206 g/mol. The number of allylic oxidation sites excluding steroid dienone is 1. The third-order valence-electron chi connectivity index (χ3n) is 3.50. The lowest BCUT2D eigenvalue weighted by molar-refractivity contribution is 0.0678. The highest BCUT2D eigenvalue weighted by atomic mass is 16.5. The summed E-state index contributed by atoms with van der Waals surface area (Å²) in [5.74, 6) is 0.336. The summed E-state index contributed by atoms with van der Waals surface area (Å²) in [6, 6.07) is 0. The molecule has 0 aliphatic carbocycles. The minimum absolute atomic E-state index is 0.0177. The van der Waals surface area contributed by atoms with Gasteiger partial charge in [0.25, 0.3) is 0 Å². The van der Waals surface area contributed by atoms with Gasteiger partial charge in [0.15, 0.2) is 11.8 Å². The minimum atomic E-state index is -0.0177. The molecule has 0 saturated carbocycles. The zero-order valence-electron chi connectivity index (χ0n) is 9.02. The van der Waals surface area contributed by atoms with Gasteiger partial charge in [0.1, 0.15) is 0 Å². The van der Waals surface area contributed by atoms with Gasteiger partial charge in [-0.05, 0) is 19.3 Å². The maximum Gasteiger partial charge on any atom is 0.200 e. The van der Waals surface area contributed by atoms with E-state index in [2.05, 4.69) is 6.58 Å². The zero-order chi connectivity index (χ0) is 11.3. The Morgan fingerprint density at radius 1 is 1.25 bits per heavy atom. The third-order valence-corrected chi connectivity index (χ3v) is 3.50. The van der Waals surface area contributed by atoms with Gasteiger partial charge in [-0.2, -0.15) is 0 Å². The van der Waals surface area contributed by atoms with Crippen molar-refractivity contribution in [3.8, 4) is 11.8 Å². The maximum absolute atomic E-state index is 10.1. The number of hydrogen-bond donors (Lipinski definition) is 2. The Morgan fingerprint density at radius 3 is 2.31 bits per heavy atom. The van der Waals surface area contributed by atoms with Gasteiger partial charge in [-0.1, -0.05) is 6.08 Å². The molecule has 4 nitrogen and oxygen atoms in total. The van der Waals surface area contributed by atoms with Crippen LogP contribution in [0.3, 0.4) is 0 Å². The van der Waals surface area contributed by atoms with E-state index in [9.17, 15) is 10.2 Å². The van der Waals surface area contributed by atoms with Crippen LogP contribution < -0.4 is 0 Å². The van der Waals surface area contributed by atoms with Gasteiger partial charge in [0, 0.05) is 6.54 Å². The average molecular weight is 221 g/mol. The molecule has 16 heavy (non-hydrogen) atoms. The summed E-state index contributed by atoms with van der Waals surface area (Å²) in [6.45, 7) is 4.20. The maximum atomic E-state index is 10.1. The van der Waals surface area contributed by atoms with Gasteiger partial charge in [-0.25, -0.2) is 0 Å². The Labute approximate surface area is 93.8 Å². The van der Waals surface area contributed by atoms with E-state index in [0.29, 0.717) is 6.54 Å². The SMILES string of the molecule is C=CCCn1c(O)c2c(c1O)C1CCC2O1. The van der Waals surface area contributed by atoms with Gasteiger partial charge in [-0.3, -0.25) is 4.57 Å². The van der Waals surface area contributed by atoms with E-state index in [1.807, 2.05) is 0 Å². The van der Waals surface area contributed by atoms with Crippen molar-refractivity contribution in [1.29, 1.82) is 0 Å². The highest BCUT2D eigenvalue weighted by Gasteiger charge is 2.45. The van der Waals surface area contributed by atoms with E-state index in [-0.39, 0.29) is 24.0 Å². The number of hydrogen-bond acceptors (Lipinski definition) is 3. The first-order valence-corrected chi connectivity index (χ1v) is 5.64. The molecular formula is C12H15NO3. The number of ether oxygens (including phenoxy) is 1. The fourth-order valence-corrected chi connectivity index (χ4v) is 2.76. The molecule has 1 aromatic heterocycles. The van der Waals surface area contributed by atoms with Crippen LogP contribution in [0.15, 0.2) is 12.7 Å². The van der Waals surface area contributed by atoms with E-state index in [4.69, 9.17) is 4.74 Å². The Hall–Kier alpha value is -1.42. The largest absolute Gasteiger partial charge is 0.494 e. The Kier molecular flexibility index (Phi) is 2.01. The molecule has 0 spiro atoms. The first-order chi connectivity index (χ1) is 7.74. The standard InChI is InChI=1S/C12H15NO3/c1-2-3-6-13-11(14)9-7-4-5-8(16-7)10(9)12(13)15/h2,7-8,14-15H,1,3-6H2. The summed E-state index contributed by atoms with van der Waals surface area (Å²) in [4.78, 5) is 0. The second-order valence-corrected chi connectivity index (χ2v) is 4.39. The van der Waals surface area contributed by atoms with Crippen LogP contribution in [-0.4, -0.2) is 14.8 Å². The monoisotopic (exact) mass is 221 g/mol. The molecule has 1 saturated heterocycles. The van der Waals surface area contributed by atoms with Crippen LogP contribution in [0.2, 0.25) is 0 Å². The Bertz CT molecular complexity index is 416. The van der Waals surface area contributed by atoms with E-state index in [1.54, 1.807) is 10.6 Å². The summed E-state index contributed by atoms with van der Waals surface area (Å²) >= 11 is 0. The lowest BCUT2D eigenvalue weighted by atomic mass is 9.95. The molecule has 1 fully saturated rings. The number of aromatic nitrogens is 1. The molecule has 2 atom stereocenters. The van der Waals surface area contributed by atoms with Gasteiger partial charge in [-0.15, -0.1) is 6.58 Å². The van der Waals surface area contributed by atoms with Crippen LogP contribution in [0.1, 0.15) is 42.6 Å². The molecule has 3 rings (SSSR count). The third kappa shape index (κ3) is 1.08. The number of nitrogens with zero attached hydrogens (tertiary/aromatic N) is 1. The van der Waals surface area contributed by atoms with Crippen molar-refractivity contribution in [3.05, 3.63) is 23.8 Å². The minimum Gasteiger partial charge on any atom is -0.494 e. The summed E-state index contributed by atoms with van der Waals surface area (Å²) in [6.07, 6.45) is 4.35. The first-order valence-electron chi connectivity index (χ1n) is 5.64. The van der Waals surface area contributed by atoms with Crippen molar-refractivity contribution in [1.82, 2.24) is 4.57 Å². The summed E-state index contributed by atoms with van der Waals surface area (Å²) in [5, 5.41) is 20.1. The van der Waals surface area contributed by atoms with Crippen LogP contribution >= 0.6 is 0 Å². The molecule has 1 aromatic rings. The molecule has 2 aliphatic rings. The fraction of sp³-hybridized carbons (Fsp3) is 0.500. The van der Waals surface area contributed by atoms with E-state index in [0.717, 1.165) is 30.4 Å². The van der Waals surface area contributed by atoms with Crippen molar-refractivity contribution in [2.24, 2.45) is 0 Å².